The van der Waals surface area contributed by atoms with E-state index in [1.54, 1.807) is 0 Å². The van der Waals surface area contributed by atoms with Gasteiger partial charge < -0.3 is 5.73 Å². The van der Waals surface area contributed by atoms with Crippen molar-refractivity contribution in [2.75, 3.05) is 6.54 Å². The molecule has 1 atom stereocenters. The van der Waals surface area contributed by atoms with Gasteiger partial charge in [-0.05, 0) is 37.8 Å². The Hall–Kier alpha value is -0.960. The molecule has 76 valence electrons. The molecule has 0 aromatic carbocycles. The van der Waals surface area contributed by atoms with Gasteiger partial charge in [-0.2, -0.15) is 0 Å². The first kappa shape index (κ1) is 9.59. The second-order valence-corrected chi connectivity index (χ2v) is 4.23. The predicted octanol–water partition coefficient (Wildman–Crippen LogP) is 1.49. The highest BCUT2D eigenvalue weighted by molar-refractivity contribution is 5.10. The molecular weight excluding hydrogens is 174 g/mol. The van der Waals surface area contributed by atoms with Gasteiger partial charge in [0.25, 0.3) is 0 Å². The minimum Gasteiger partial charge on any atom is -0.330 e. The molecule has 0 spiro atoms. The second-order valence-electron chi connectivity index (χ2n) is 4.23. The molecule has 1 unspecified atom stereocenters. The average molecular weight is 191 g/mol. The van der Waals surface area contributed by atoms with Gasteiger partial charge in [-0.3, -0.25) is 0 Å². The highest BCUT2D eigenvalue weighted by atomic mass is 14.9. The molecule has 0 saturated heterocycles. The van der Waals surface area contributed by atoms with Crippen molar-refractivity contribution in [2.45, 2.75) is 32.1 Å². The molecule has 1 fully saturated rings. The highest BCUT2D eigenvalue weighted by Crippen LogP contribution is 2.37. The summed E-state index contributed by atoms with van der Waals surface area (Å²) in [6.07, 6.45) is 5.36. The lowest BCUT2D eigenvalue weighted by Gasteiger charge is -2.07. The van der Waals surface area contributed by atoms with Gasteiger partial charge in [0.2, 0.25) is 0 Å². The number of aromatic nitrogens is 2. The van der Waals surface area contributed by atoms with Crippen molar-refractivity contribution < 1.29 is 0 Å². The van der Waals surface area contributed by atoms with E-state index in [-0.39, 0.29) is 0 Å². The lowest BCUT2D eigenvalue weighted by atomic mass is 10.1. The summed E-state index contributed by atoms with van der Waals surface area (Å²) < 4.78 is 0. The summed E-state index contributed by atoms with van der Waals surface area (Å²) >= 11 is 0. The second kappa shape index (κ2) is 4.05. The van der Waals surface area contributed by atoms with Crippen molar-refractivity contribution in [3.05, 3.63) is 23.8 Å². The van der Waals surface area contributed by atoms with Gasteiger partial charge in [0.15, 0.2) is 0 Å². The van der Waals surface area contributed by atoms with Gasteiger partial charge >= 0.3 is 0 Å². The molecule has 0 amide bonds. The summed E-state index contributed by atoms with van der Waals surface area (Å²) in [5.74, 6) is 2.19. The Morgan fingerprint density at radius 2 is 2.36 bits per heavy atom. The van der Waals surface area contributed by atoms with Crippen molar-refractivity contribution >= 4 is 0 Å². The van der Waals surface area contributed by atoms with Crippen LogP contribution in [0.25, 0.3) is 0 Å². The quantitative estimate of drug-likeness (QED) is 0.784. The van der Waals surface area contributed by atoms with E-state index in [0.717, 1.165) is 24.5 Å². The van der Waals surface area contributed by atoms with Crippen LogP contribution in [0.1, 0.15) is 37.2 Å². The van der Waals surface area contributed by atoms with Crippen LogP contribution in [0.4, 0.5) is 0 Å². The SMILES string of the molecule is CC(CN)Cc1ccnc(C2CC2)n1. The smallest absolute Gasteiger partial charge is 0.131 e. The topological polar surface area (TPSA) is 51.8 Å². The van der Waals surface area contributed by atoms with Gasteiger partial charge in [-0.25, -0.2) is 9.97 Å². The number of nitrogens with zero attached hydrogens (tertiary/aromatic N) is 2. The Morgan fingerprint density at radius 1 is 1.57 bits per heavy atom. The maximum absolute atomic E-state index is 5.59. The van der Waals surface area contributed by atoms with Crippen molar-refractivity contribution in [3.8, 4) is 0 Å². The summed E-state index contributed by atoms with van der Waals surface area (Å²) in [5.41, 5.74) is 6.73. The first-order valence-corrected chi connectivity index (χ1v) is 5.31. The molecule has 2 rings (SSSR count). The van der Waals surface area contributed by atoms with E-state index in [1.807, 2.05) is 12.3 Å². The number of hydrogen-bond acceptors (Lipinski definition) is 3. The molecule has 3 nitrogen and oxygen atoms in total. The zero-order chi connectivity index (χ0) is 9.97. The van der Waals surface area contributed by atoms with Gasteiger partial charge in [-0.15, -0.1) is 0 Å². The largest absolute Gasteiger partial charge is 0.330 e. The normalized spacial score (nSPS) is 18.1. The fourth-order valence-electron chi connectivity index (χ4n) is 1.51. The van der Waals surface area contributed by atoms with Crippen LogP contribution in [0.5, 0.6) is 0 Å². The van der Waals surface area contributed by atoms with Gasteiger partial charge in [0.05, 0.1) is 0 Å². The lowest BCUT2D eigenvalue weighted by Crippen LogP contribution is -2.14. The molecule has 0 radical (unpaired) electrons. The summed E-state index contributed by atoms with van der Waals surface area (Å²) in [7, 11) is 0. The third kappa shape index (κ3) is 2.29. The zero-order valence-electron chi connectivity index (χ0n) is 8.61. The average Bonchev–Trinajstić information content (AvgIpc) is 3.01. The van der Waals surface area contributed by atoms with E-state index < -0.39 is 0 Å². The number of nitrogens with two attached hydrogens (primary N) is 1. The number of hydrogen-bond donors (Lipinski definition) is 1. The molecule has 1 heterocycles. The molecule has 0 aliphatic heterocycles. The zero-order valence-corrected chi connectivity index (χ0v) is 8.61. The first-order valence-electron chi connectivity index (χ1n) is 5.31. The number of rotatable bonds is 4. The minimum absolute atomic E-state index is 0.511. The fraction of sp³-hybridized carbons (Fsp3) is 0.636. The van der Waals surface area contributed by atoms with Crippen LogP contribution in [-0.4, -0.2) is 16.5 Å². The molecule has 1 aliphatic carbocycles. The third-order valence-electron chi connectivity index (χ3n) is 2.63. The van der Waals surface area contributed by atoms with E-state index in [0.29, 0.717) is 11.8 Å². The van der Waals surface area contributed by atoms with Crippen LogP contribution in [0.3, 0.4) is 0 Å². The Morgan fingerprint density at radius 3 is 3.00 bits per heavy atom. The van der Waals surface area contributed by atoms with Crippen LogP contribution in [0.15, 0.2) is 12.3 Å². The fourth-order valence-corrected chi connectivity index (χ4v) is 1.51. The molecule has 14 heavy (non-hydrogen) atoms. The molecule has 1 aromatic rings. The van der Waals surface area contributed by atoms with Crippen LogP contribution in [0.2, 0.25) is 0 Å². The maximum Gasteiger partial charge on any atom is 0.131 e. The molecule has 1 saturated carbocycles. The van der Waals surface area contributed by atoms with Gasteiger partial charge in [0.1, 0.15) is 5.82 Å². The van der Waals surface area contributed by atoms with Crippen molar-refractivity contribution in [3.63, 3.8) is 0 Å². The van der Waals surface area contributed by atoms with Crippen molar-refractivity contribution in [1.82, 2.24) is 9.97 Å². The van der Waals surface area contributed by atoms with E-state index >= 15 is 0 Å². The first-order chi connectivity index (χ1) is 6.79. The standard InChI is InChI=1S/C11H17N3/c1-8(7-12)6-10-4-5-13-11(14-10)9-2-3-9/h4-5,8-9H,2-3,6-7,12H2,1H3. The third-order valence-corrected chi connectivity index (χ3v) is 2.63. The summed E-state index contributed by atoms with van der Waals surface area (Å²) in [6, 6.07) is 2.00. The Kier molecular flexibility index (Phi) is 2.77. The minimum atomic E-state index is 0.511. The van der Waals surface area contributed by atoms with Crippen LogP contribution >= 0.6 is 0 Å². The molecular formula is C11H17N3. The summed E-state index contributed by atoms with van der Waals surface area (Å²) in [4.78, 5) is 8.85. The van der Waals surface area contributed by atoms with Crippen molar-refractivity contribution in [1.29, 1.82) is 0 Å². The Labute approximate surface area is 84.8 Å². The van der Waals surface area contributed by atoms with Gasteiger partial charge in [-0.1, -0.05) is 6.92 Å². The maximum atomic E-state index is 5.59. The van der Waals surface area contributed by atoms with Crippen molar-refractivity contribution in [2.24, 2.45) is 11.7 Å². The van der Waals surface area contributed by atoms with E-state index in [1.165, 1.54) is 12.8 Å². The lowest BCUT2D eigenvalue weighted by molar-refractivity contribution is 0.581. The van der Waals surface area contributed by atoms with E-state index in [2.05, 4.69) is 16.9 Å². The van der Waals surface area contributed by atoms with Crippen LogP contribution < -0.4 is 5.73 Å². The Bertz CT molecular complexity index is 307. The Balaban J connectivity index is 2.05. The molecule has 1 aromatic heterocycles. The molecule has 3 heteroatoms. The molecule has 0 bridgehead atoms. The molecule has 2 N–H and O–H groups in total. The summed E-state index contributed by atoms with van der Waals surface area (Å²) in [6.45, 7) is 2.88. The van der Waals surface area contributed by atoms with E-state index in [9.17, 15) is 0 Å². The van der Waals surface area contributed by atoms with Crippen LogP contribution in [-0.2, 0) is 6.42 Å². The van der Waals surface area contributed by atoms with Gasteiger partial charge in [0, 0.05) is 17.8 Å². The molecule has 1 aliphatic rings. The predicted molar refractivity (Wildman–Crippen MR) is 55.9 cm³/mol. The monoisotopic (exact) mass is 191 g/mol. The van der Waals surface area contributed by atoms with Crippen LogP contribution in [0, 0.1) is 5.92 Å². The highest BCUT2D eigenvalue weighted by Gasteiger charge is 2.26. The summed E-state index contributed by atoms with van der Waals surface area (Å²) in [5, 5.41) is 0. The van der Waals surface area contributed by atoms with E-state index in [4.69, 9.17) is 5.73 Å².